The van der Waals surface area contributed by atoms with E-state index >= 15 is 0 Å². The van der Waals surface area contributed by atoms with E-state index in [-0.39, 0.29) is 35.0 Å². The Bertz CT molecular complexity index is 909. The highest BCUT2D eigenvalue weighted by atomic mass is 16.2. The van der Waals surface area contributed by atoms with E-state index in [0.717, 1.165) is 10.5 Å². The molecule has 7 heteroatoms. The van der Waals surface area contributed by atoms with Crippen LogP contribution in [0.25, 0.3) is 0 Å². The Morgan fingerprint density at radius 3 is 2.37 bits per heavy atom. The molecule has 1 aliphatic rings. The molecule has 0 saturated carbocycles. The summed E-state index contributed by atoms with van der Waals surface area (Å²) in [6, 6.07) is 14.0. The lowest BCUT2D eigenvalue weighted by molar-refractivity contribution is -0.120. The maximum Gasteiger partial charge on any atom is 0.261 e. The van der Waals surface area contributed by atoms with Crippen molar-refractivity contribution >= 4 is 23.6 Å². The standard InChI is InChI=1S/C20H19N3O4/c1-23-19(26)15-8-7-14(11-16(15)20(23)27)18(25)22-12-17(24)21-10-9-13-5-3-2-4-6-13/h2-8,11H,9-10,12H2,1H3,(H,21,24)(H,22,25). The molecule has 2 aromatic carbocycles. The van der Waals surface area contributed by atoms with Crippen LogP contribution in [0, 0.1) is 0 Å². The second kappa shape index (κ2) is 7.82. The molecule has 2 N–H and O–H groups in total. The van der Waals surface area contributed by atoms with Crippen molar-refractivity contribution in [2.45, 2.75) is 6.42 Å². The molecule has 0 saturated heterocycles. The largest absolute Gasteiger partial charge is 0.354 e. The first-order valence-electron chi connectivity index (χ1n) is 8.52. The van der Waals surface area contributed by atoms with E-state index in [1.54, 1.807) is 0 Å². The van der Waals surface area contributed by atoms with E-state index in [1.165, 1.54) is 25.2 Å². The second-order valence-corrected chi connectivity index (χ2v) is 6.20. The first-order valence-corrected chi connectivity index (χ1v) is 8.52. The van der Waals surface area contributed by atoms with E-state index in [9.17, 15) is 19.2 Å². The van der Waals surface area contributed by atoms with Gasteiger partial charge in [0.2, 0.25) is 5.91 Å². The van der Waals surface area contributed by atoms with E-state index in [2.05, 4.69) is 10.6 Å². The third-order valence-electron chi connectivity index (χ3n) is 4.34. The van der Waals surface area contributed by atoms with Gasteiger partial charge in [-0.3, -0.25) is 24.1 Å². The zero-order chi connectivity index (χ0) is 19.4. The molecular weight excluding hydrogens is 346 g/mol. The van der Waals surface area contributed by atoms with Crippen LogP contribution in [0.1, 0.15) is 36.6 Å². The summed E-state index contributed by atoms with van der Waals surface area (Å²) in [7, 11) is 1.39. The van der Waals surface area contributed by atoms with Crippen LogP contribution in [0.2, 0.25) is 0 Å². The molecule has 0 atom stereocenters. The Hall–Kier alpha value is -3.48. The fraction of sp³-hybridized carbons (Fsp3) is 0.200. The van der Waals surface area contributed by atoms with Gasteiger partial charge in [-0.1, -0.05) is 30.3 Å². The maximum absolute atomic E-state index is 12.2. The molecule has 1 heterocycles. The summed E-state index contributed by atoms with van der Waals surface area (Å²) >= 11 is 0. The summed E-state index contributed by atoms with van der Waals surface area (Å²) in [4.78, 5) is 48.9. The molecule has 0 fully saturated rings. The van der Waals surface area contributed by atoms with Gasteiger partial charge in [-0.25, -0.2) is 0 Å². The molecule has 4 amide bonds. The monoisotopic (exact) mass is 365 g/mol. The van der Waals surface area contributed by atoms with Gasteiger partial charge in [-0.05, 0) is 30.2 Å². The number of hydrogen-bond acceptors (Lipinski definition) is 4. The van der Waals surface area contributed by atoms with E-state index in [1.807, 2.05) is 30.3 Å². The van der Waals surface area contributed by atoms with Gasteiger partial charge < -0.3 is 10.6 Å². The highest BCUT2D eigenvalue weighted by molar-refractivity contribution is 6.21. The minimum atomic E-state index is -0.481. The lowest BCUT2D eigenvalue weighted by atomic mass is 10.1. The molecule has 138 valence electrons. The molecule has 2 aromatic rings. The topological polar surface area (TPSA) is 95.6 Å². The van der Waals surface area contributed by atoms with Crippen LogP contribution in [0.15, 0.2) is 48.5 Å². The van der Waals surface area contributed by atoms with E-state index in [0.29, 0.717) is 13.0 Å². The smallest absolute Gasteiger partial charge is 0.261 e. The normalized spacial score (nSPS) is 12.7. The van der Waals surface area contributed by atoms with Crippen LogP contribution < -0.4 is 10.6 Å². The minimum absolute atomic E-state index is 0.169. The van der Waals surface area contributed by atoms with Gasteiger partial charge in [0.1, 0.15) is 0 Å². The lowest BCUT2D eigenvalue weighted by Crippen LogP contribution is -2.37. The minimum Gasteiger partial charge on any atom is -0.354 e. The Kier molecular flexibility index (Phi) is 5.30. The number of hydrogen-bond donors (Lipinski definition) is 2. The SMILES string of the molecule is CN1C(=O)c2ccc(C(=O)NCC(=O)NCCc3ccccc3)cc2C1=O. The van der Waals surface area contributed by atoms with Gasteiger partial charge in [0.05, 0.1) is 17.7 Å². The van der Waals surface area contributed by atoms with Crippen molar-refractivity contribution in [3.63, 3.8) is 0 Å². The number of carbonyl (C=O) groups excluding carboxylic acids is 4. The summed E-state index contributed by atoms with van der Waals surface area (Å²) in [5.41, 5.74) is 1.81. The lowest BCUT2D eigenvalue weighted by Gasteiger charge is -2.08. The van der Waals surface area contributed by atoms with Crippen LogP contribution in [-0.2, 0) is 11.2 Å². The highest BCUT2D eigenvalue weighted by Gasteiger charge is 2.33. The van der Waals surface area contributed by atoms with Crippen LogP contribution in [-0.4, -0.2) is 48.7 Å². The Morgan fingerprint density at radius 1 is 0.926 bits per heavy atom. The average molecular weight is 365 g/mol. The van der Waals surface area contributed by atoms with Crippen LogP contribution in [0.4, 0.5) is 0 Å². The van der Waals surface area contributed by atoms with E-state index < -0.39 is 11.8 Å². The number of rotatable bonds is 6. The predicted octanol–water partition coefficient (Wildman–Crippen LogP) is 1.00. The zero-order valence-electron chi connectivity index (χ0n) is 14.8. The van der Waals surface area contributed by atoms with Crippen molar-refractivity contribution in [1.82, 2.24) is 15.5 Å². The van der Waals surface area contributed by atoms with Gasteiger partial charge in [0, 0.05) is 19.2 Å². The Morgan fingerprint density at radius 2 is 1.63 bits per heavy atom. The highest BCUT2D eigenvalue weighted by Crippen LogP contribution is 2.22. The fourth-order valence-corrected chi connectivity index (χ4v) is 2.82. The molecule has 0 radical (unpaired) electrons. The molecule has 3 rings (SSSR count). The number of carbonyl (C=O) groups is 4. The van der Waals surface area contributed by atoms with Gasteiger partial charge in [0.15, 0.2) is 0 Å². The molecule has 1 aliphatic heterocycles. The van der Waals surface area contributed by atoms with Gasteiger partial charge in [0.25, 0.3) is 17.7 Å². The van der Waals surface area contributed by atoms with E-state index in [4.69, 9.17) is 0 Å². The summed E-state index contributed by atoms with van der Waals surface area (Å²) in [5, 5.41) is 5.25. The molecule has 0 unspecified atom stereocenters. The predicted molar refractivity (Wildman–Crippen MR) is 98.4 cm³/mol. The van der Waals surface area contributed by atoms with Crippen molar-refractivity contribution in [2.75, 3.05) is 20.1 Å². The van der Waals surface area contributed by atoms with Crippen molar-refractivity contribution in [3.8, 4) is 0 Å². The fourth-order valence-electron chi connectivity index (χ4n) is 2.82. The average Bonchev–Trinajstić information content (AvgIpc) is 2.91. The Balaban J connectivity index is 1.50. The van der Waals surface area contributed by atoms with Gasteiger partial charge in [-0.15, -0.1) is 0 Å². The van der Waals surface area contributed by atoms with Gasteiger partial charge >= 0.3 is 0 Å². The number of benzene rings is 2. The number of imide groups is 1. The molecule has 0 aliphatic carbocycles. The Labute approximate surface area is 156 Å². The van der Waals surface area contributed by atoms with Crippen molar-refractivity contribution in [3.05, 3.63) is 70.8 Å². The van der Waals surface area contributed by atoms with Crippen molar-refractivity contribution in [1.29, 1.82) is 0 Å². The van der Waals surface area contributed by atoms with Crippen molar-refractivity contribution < 1.29 is 19.2 Å². The van der Waals surface area contributed by atoms with Crippen LogP contribution in [0.3, 0.4) is 0 Å². The summed E-state index contributed by atoms with van der Waals surface area (Å²) in [6.07, 6.45) is 0.703. The number of amides is 4. The van der Waals surface area contributed by atoms with Crippen LogP contribution >= 0.6 is 0 Å². The summed E-state index contributed by atoms with van der Waals surface area (Å²) in [6.45, 7) is 0.304. The van der Waals surface area contributed by atoms with Gasteiger partial charge in [-0.2, -0.15) is 0 Å². The first-order chi connectivity index (χ1) is 13.0. The third kappa shape index (κ3) is 4.03. The maximum atomic E-state index is 12.2. The molecule has 0 bridgehead atoms. The number of nitrogens with one attached hydrogen (secondary N) is 2. The first kappa shape index (κ1) is 18.3. The summed E-state index contributed by atoms with van der Waals surface area (Å²) in [5.74, 6) is -1.61. The molecular formula is C20H19N3O4. The molecule has 0 aromatic heterocycles. The van der Waals surface area contributed by atoms with Crippen LogP contribution in [0.5, 0.6) is 0 Å². The molecule has 7 nitrogen and oxygen atoms in total. The molecule has 0 spiro atoms. The second-order valence-electron chi connectivity index (χ2n) is 6.20. The summed E-state index contributed by atoms with van der Waals surface area (Å²) < 4.78 is 0. The quantitative estimate of drug-likeness (QED) is 0.747. The number of fused-ring (bicyclic) bond motifs is 1. The third-order valence-corrected chi connectivity index (χ3v) is 4.34. The number of nitrogens with zero attached hydrogens (tertiary/aromatic N) is 1. The van der Waals surface area contributed by atoms with Crippen molar-refractivity contribution in [2.24, 2.45) is 0 Å². The molecule has 27 heavy (non-hydrogen) atoms. The zero-order valence-corrected chi connectivity index (χ0v) is 14.8.